The highest BCUT2D eigenvalue weighted by Crippen LogP contribution is 2.52. The Balaban J connectivity index is 1.18. The van der Waals surface area contributed by atoms with E-state index in [1.54, 1.807) is 0 Å². The van der Waals surface area contributed by atoms with Gasteiger partial charge in [-0.25, -0.2) is 0 Å². The molecule has 0 aromatic heterocycles. The molecule has 0 aliphatic rings. The van der Waals surface area contributed by atoms with Crippen LogP contribution in [0.2, 0.25) is 0 Å². The van der Waals surface area contributed by atoms with Gasteiger partial charge in [0.05, 0.1) is 12.3 Å². The lowest BCUT2D eigenvalue weighted by Crippen LogP contribution is -2.09. The zero-order chi connectivity index (χ0) is 41.3. The zero-order valence-electron chi connectivity index (χ0n) is 34.4. The van der Waals surface area contributed by atoms with Crippen molar-refractivity contribution in [2.75, 3.05) is 12.3 Å². The fourth-order valence-electron chi connectivity index (χ4n) is 7.40. The van der Waals surface area contributed by atoms with E-state index in [2.05, 4.69) is 173 Å². The van der Waals surface area contributed by atoms with E-state index >= 15 is 0 Å². The monoisotopic (exact) mass is 822 g/mol. The van der Waals surface area contributed by atoms with Crippen molar-refractivity contribution in [2.24, 2.45) is 0 Å². The quantitative estimate of drug-likeness (QED) is 0.0965. The summed E-state index contributed by atoms with van der Waals surface area (Å²) in [5, 5.41) is 0. The number of rotatable bonds is 15. The lowest BCUT2D eigenvalue weighted by atomic mass is 10.00. The summed E-state index contributed by atoms with van der Waals surface area (Å²) in [6, 6.07) is 66.7. The average Bonchev–Trinajstić information content (AvgIpc) is 3.27. The Bertz CT molecular complexity index is 2340. The molecule has 0 bridgehead atoms. The maximum absolute atomic E-state index is 7.09. The molecule has 60 heavy (non-hydrogen) atoms. The zero-order valence-corrected chi connectivity index (χ0v) is 36.2. The minimum Gasteiger partial charge on any atom is -0.438 e. The van der Waals surface area contributed by atoms with E-state index in [0.717, 1.165) is 67.5 Å². The van der Waals surface area contributed by atoms with Crippen molar-refractivity contribution in [3.8, 4) is 67.5 Å². The summed E-state index contributed by atoms with van der Waals surface area (Å²) in [5.41, 5.74) is 13.3. The molecule has 0 aliphatic heterocycles. The standard InChI is InChI=1S/C54H48O4P2/c1-39-21-5-9-25-43(39)47-29-13-17-33-51(47)55-59(56-52-34-18-14-30-48(52)44-26-10-6-22-40(44)2)37-38-60(57-53-35-19-15-31-49(53)45-27-11-7-23-41(45)3)58-54-36-20-16-32-50(54)46-28-12-8-24-42(46)4/h5-36H,37-38H2,1-4H3. The van der Waals surface area contributed by atoms with Crippen molar-refractivity contribution in [3.63, 3.8) is 0 Å². The summed E-state index contributed by atoms with van der Waals surface area (Å²) in [5.74, 6) is 3.08. The third kappa shape index (κ3) is 9.48. The predicted octanol–water partition coefficient (Wildman–Crippen LogP) is 15.8. The van der Waals surface area contributed by atoms with Crippen molar-refractivity contribution < 1.29 is 18.1 Å². The highest BCUT2D eigenvalue weighted by atomic mass is 31.2. The SMILES string of the molecule is Cc1ccccc1-c1ccccc1OP(CCP(Oc1ccccc1-c1ccccc1C)Oc1ccccc1-c1ccccc1C)Oc1ccccc1-c1ccccc1C. The fourth-order valence-corrected chi connectivity index (χ4v) is 10.7. The van der Waals surface area contributed by atoms with Crippen molar-refractivity contribution >= 4 is 16.8 Å². The maximum Gasteiger partial charge on any atom is 0.291 e. The van der Waals surface area contributed by atoms with E-state index in [4.69, 9.17) is 18.1 Å². The van der Waals surface area contributed by atoms with Crippen LogP contribution in [0.3, 0.4) is 0 Å². The molecule has 0 radical (unpaired) electrons. The molecule has 4 nitrogen and oxygen atoms in total. The number of hydrogen-bond donors (Lipinski definition) is 0. The second-order valence-corrected chi connectivity index (χ2v) is 17.7. The number of para-hydroxylation sites is 4. The minimum atomic E-state index is -1.58. The average molecular weight is 823 g/mol. The van der Waals surface area contributed by atoms with Crippen molar-refractivity contribution in [1.29, 1.82) is 0 Å². The molecular formula is C54H48O4P2. The van der Waals surface area contributed by atoms with Gasteiger partial charge in [-0.3, -0.25) is 0 Å². The first-order valence-electron chi connectivity index (χ1n) is 20.3. The lowest BCUT2D eigenvalue weighted by Gasteiger charge is -2.25. The third-order valence-electron chi connectivity index (χ3n) is 10.6. The normalized spacial score (nSPS) is 11.1. The molecule has 0 unspecified atom stereocenters. The van der Waals surface area contributed by atoms with Gasteiger partial charge in [0.15, 0.2) is 0 Å². The van der Waals surface area contributed by atoms with Gasteiger partial charge < -0.3 is 18.1 Å². The molecule has 8 aromatic carbocycles. The van der Waals surface area contributed by atoms with Crippen LogP contribution in [0.15, 0.2) is 194 Å². The molecule has 0 heterocycles. The summed E-state index contributed by atoms with van der Waals surface area (Å²) in [6.45, 7) is 8.54. The van der Waals surface area contributed by atoms with Crippen molar-refractivity contribution in [2.45, 2.75) is 27.7 Å². The van der Waals surface area contributed by atoms with Gasteiger partial charge in [-0.05, 0) is 96.5 Å². The molecule has 0 amide bonds. The van der Waals surface area contributed by atoms with E-state index in [1.807, 2.05) is 48.5 Å². The van der Waals surface area contributed by atoms with Gasteiger partial charge in [0.1, 0.15) is 23.0 Å². The Labute approximate surface area is 357 Å². The van der Waals surface area contributed by atoms with Crippen LogP contribution in [-0.2, 0) is 0 Å². The van der Waals surface area contributed by atoms with Gasteiger partial charge in [-0.1, -0.05) is 170 Å². The van der Waals surface area contributed by atoms with E-state index < -0.39 is 16.8 Å². The van der Waals surface area contributed by atoms with Gasteiger partial charge in [0.25, 0.3) is 16.8 Å². The second-order valence-electron chi connectivity index (χ2n) is 14.7. The molecule has 0 spiro atoms. The number of hydrogen-bond acceptors (Lipinski definition) is 4. The van der Waals surface area contributed by atoms with Crippen LogP contribution in [0.5, 0.6) is 23.0 Å². The molecule has 0 aliphatic carbocycles. The molecular weight excluding hydrogens is 775 g/mol. The van der Waals surface area contributed by atoms with Gasteiger partial charge in [0.2, 0.25) is 0 Å². The Morgan fingerprint density at radius 1 is 0.250 bits per heavy atom. The first-order valence-corrected chi connectivity index (χ1v) is 23.0. The summed E-state index contributed by atoms with van der Waals surface area (Å²) in [6.07, 6.45) is 1.06. The summed E-state index contributed by atoms with van der Waals surface area (Å²) < 4.78 is 28.4. The summed E-state index contributed by atoms with van der Waals surface area (Å²) >= 11 is 0. The molecule has 0 saturated heterocycles. The van der Waals surface area contributed by atoms with Crippen LogP contribution in [-0.4, -0.2) is 12.3 Å². The molecule has 8 rings (SSSR count). The van der Waals surface area contributed by atoms with E-state index in [9.17, 15) is 0 Å². The summed E-state index contributed by atoms with van der Waals surface area (Å²) in [7, 11) is -3.17. The third-order valence-corrected chi connectivity index (χ3v) is 13.7. The van der Waals surface area contributed by atoms with Crippen LogP contribution in [0, 0.1) is 27.7 Å². The minimum absolute atomic E-state index is 0.532. The topological polar surface area (TPSA) is 36.9 Å². The smallest absolute Gasteiger partial charge is 0.291 e. The van der Waals surface area contributed by atoms with Crippen LogP contribution < -0.4 is 18.1 Å². The predicted molar refractivity (Wildman–Crippen MR) is 253 cm³/mol. The number of aryl methyl sites for hydroxylation is 4. The van der Waals surface area contributed by atoms with Crippen LogP contribution in [0.4, 0.5) is 0 Å². The van der Waals surface area contributed by atoms with E-state index in [1.165, 1.54) is 22.3 Å². The Morgan fingerprint density at radius 3 is 0.650 bits per heavy atom. The lowest BCUT2D eigenvalue weighted by molar-refractivity contribution is 0.481. The van der Waals surface area contributed by atoms with Crippen molar-refractivity contribution in [1.82, 2.24) is 0 Å². The molecule has 6 heteroatoms. The van der Waals surface area contributed by atoms with E-state index in [-0.39, 0.29) is 0 Å². The Hall–Kier alpha value is -6.18. The molecule has 0 saturated carbocycles. The molecule has 8 aromatic rings. The number of benzene rings is 8. The molecule has 298 valence electrons. The largest absolute Gasteiger partial charge is 0.438 e. The van der Waals surface area contributed by atoms with Crippen LogP contribution in [0.1, 0.15) is 22.3 Å². The van der Waals surface area contributed by atoms with Gasteiger partial charge in [0, 0.05) is 22.3 Å². The van der Waals surface area contributed by atoms with Gasteiger partial charge >= 0.3 is 0 Å². The molecule has 0 atom stereocenters. The summed E-state index contributed by atoms with van der Waals surface area (Å²) in [4.78, 5) is 0. The molecule has 0 fully saturated rings. The Kier molecular flexibility index (Phi) is 13.0. The van der Waals surface area contributed by atoms with Gasteiger partial charge in [-0.2, -0.15) is 0 Å². The highest BCUT2D eigenvalue weighted by molar-refractivity contribution is 7.52. The second kappa shape index (κ2) is 19.3. The maximum atomic E-state index is 7.09. The molecule has 0 N–H and O–H groups in total. The van der Waals surface area contributed by atoms with Crippen LogP contribution >= 0.6 is 16.8 Å². The van der Waals surface area contributed by atoms with Crippen LogP contribution in [0.25, 0.3) is 44.5 Å². The van der Waals surface area contributed by atoms with Gasteiger partial charge in [-0.15, -0.1) is 0 Å². The van der Waals surface area contributed by atoms with Crippen molar-refractivity contribution in [3.05, 3.63) is 216 Å². The first kappa shape index (κ1) is 40.6. The highest BCUT2D eigenvalue weighted by Gasteiger charge is 2.27. The fraction of sp³-hybridized carbons (Fsp3) is 0.111. The van der Waals surface area contributed by atoms with E-state index in [0.29, 0.717) is 12.3 Å². The first-order chi connectivity index (χ1) is 29.4. The Morgan fingerprint density at radius 2 is 0.433 bits per heavy atom.